The van der Waals surface area contributed by atoms with E-state index < -0.39 is 42.0 Å². The molecule has 1 N–H and O–H groups in total. The highest BCUT2D eigenvalue weighted by Crippen LogP contribution is 2.36. The van der Waals surface area contributed by atoms with E-state index in [9.17, 15) is 31.1 Å². The molecular weight excluding hydrogens is 472 g/mol. The van der Waals surface area contributed by atoms with E-state index in [-0.39, 0.29) is 11.6 Å². The molecule has 2 aromatic rings. The molecular formula is C25H27F6N3O. The summed E-state index contributed by atoms with van der Waals surface area (Å²) >= 11 is 0. The first-order chi connectivity index (χ1) is 16.4. The standard InChI is InChI=1S/C25H27F6N3O/c1-33(11-9-18-6-3-2-4-7-18)12-13-34-10-5-8-22(34)23(35)32-17-19-14-20(24(26,27)28)16-21(15-19)25(29,30)31/h2-8,14-16,22H,9-13,17H2,1H3,(H,32,35)/t22-/m0/s1. The number of likely N-dealkylation sites (N-methyl/N-ethyl adjacent to an activating group) is 1. The summed E-state index contributed by atoms with van der Waals surface area (Å²) in [7, 11) is 1.98. The number of halogens is 6. The van der Waals surface area contributed by atoms with Crippen LogP contribution in [0.25, 0.3) is 0 Å². The number of hydrogen-bond donors (Lipinski definition) is 1. The van der Waals surface area contributed by atoms with Crippen LogP contribution < -0.4 is 5.32 Å². The first-order valence-electron chi connectivity index (χ1n) is 11.1. The molecule has 0 saturated heterocycles. The van der Waals surface area contributed by atoms with Gasteiger partial charge in [0.2, 0.25) is 5.91 Å². The van der Waals surface area contributed by atoms with Gasteiger partial charge in [-0.3, -0.25) is 9.69 Å². The smallest absolute Gasteiger partial charge is 0.350 e. The molecule has 0 radical (unpaired) electrons. The maximum atomic E-state index is 13.1. The number of nitrogens with zero attached hydrogens (tertiary/aromatic N) is 2. The number of carbonyl (C=O) groups is 1. The fourth-order valence-corrected chi connectivity index (χ4v) is 3.83. The first kappa shape index (κ1) is 26.7. The fraction of sp³-hybridized carbons (Fsp3) is 0.400. The molecule has 1 aliphatic heterocycles. The molecule has 35 heavy (non-hydrogen) atoms. The number of rotatable bonds is 9. The molecule has 1 amide bonds. The molecule has 3 rings (SSSR count). The fourth-order valence-electron chi connectivity index (χ4n) is 3.83. The molecule has 0 aliphatic carbocycles. The van der Waals surface area contributed by atoms with Gasteiger partial charge < -0.3 is 10.2 Å². The summed E-state index contributed by atoms with van der Waals surface area (Å²) in [6.07, 6.45) is -5.47. The highest BCUT2D eigenvalue weighted by molar-refractivity contribution is 5.84. The van der Waals surface area contributed by atoms with Crippen LogP contribution in [0, 0.1) is 0 Å². The third-order valence-electron chi connectivity index (χ3n) is 5.83. The SMILES string of the molecule is CN(CCc1ccccc1)CCN1CC=C[C@H]1C(=O)NCc1cc(C(F)(F)F)cc(C(F)(F)F)c1. The maximum absolute atomic E-state index is 13.1. The Balaban J connectivity index is 1.55. The quantitative estimate of drug-likeness (QED) is 0.400. The van der Waals surface area contributed by atoms with Gasteiger partial charge >= 0.3 is 12.4 Å². The van der Waals surface area contributed by atoms with Gasteiger partial charge in [-0.2, -0.15) is 26.3 Å². The Morgan fingerprint density at radius 3 is 2.20 bits per heavy atom. The van der Waals surface area contributed by atoms with Crippen molar-refractivity contribution >= 4 is 5.91 Å². The molecule has 0 saturated carbocycles. The van der Waals surface area contributed by atoms with E-state index in [0.717, 1.165) is 13.0 Å². The van der Waals surface area contributed by atoms with Crippen molar-refractivity contribution in [3.63, 3.8) is 0 Å². The monoisotopic (exact) mass is 499 g/mol. The van der Waals surface area contributed by atoms with Crippen LogP contribution in [0.3, 0.4) is 0 Å². The van der Waals surface area contributed by atoms with Gasteiger partial charge in [-0.15, -0.1) is 0 Å². The Morgan fingerprint density at radius 1 is 0.971 bits per heavy atom. The third kappa shape index (κ3) is 7.83. The summed E-state index contributed by atoms with van der Waals surface area (Å²) in [5.74, 6) is -0.475. The van der Waals surface area contributed by atoms with Gasteiger partial charge in [0.05, 0.1) is 11.1 Å². The average molecular weight is 499 g/mol. The molecule has 0 unspecified atom stereocenters. The Hall–Kier alpha value is -2.85. The molecule has 0 spiro atoms. The van der Waals surface area contributed by atoms with Crippen LogP contribution in [-0.2, 0) is 30.1 Å². The first-order valence-corrected chi connectivity index (χ1v) is 11.1. The Morgan fingerprint density at radius 2 is 1.60 bits per heavy atom. The van der Waals surface area contributed by atoms with Gasteiger partial charge in [-0.25, -0.2) is 0 Å². The normalized spacial score (nSPS) is 16.7. The number of amides is 1. The zero-order chi connectivity index (χ0) is 25.6. The van der Waals surface area contributed by atoms with Crippen molar-refractivity contribution in [2.24, 2.45) is 0 Å². The highest BCUT2D eigenvalue weighted by atomic mass is 19.4. The van der Waals surface area contributed by atoms with Crippen LogP contribution in [0.5, 0.6) is 0 Å². The van der Waals surface area contributed by atoms with E-state index in [1.54, 1.807) is 6.08 Å². The van der Waals surface area contributed by atoms with Gasteiger partial charge in [0.25, 0.3) is 0 Å². The second kappa shape index (κ2) is 11.3. The zero-order valence-corrected chi connectivity index (χ0v) is 19.2. The van der Waals surface area contributed by atoms with Crippen LogP contribution in [0.15, 0.2) is 60.7 Å². The van der Waals surface area contributed by atoms with Gasteiger partial charge in [-0.05, 0) is 42.8 Å². The summed E-state index contributed by atoms with van der Waals surface area (Å²) in [5.41, 5.74) is -1.85. The molecule has 0 bridgehead atoms. The van der Waals surface area contributed by atoms with Crippen molar-refractivity contribution in [3.8, 4) is 0 Å². The molecule has 0 aromatic heterocycles. The summed E-state index contributed by atoms with van der Waals surface area (Å²) in [5, 5.41) is 2.48. The Kier molecular flexibility index (Phi) is 8.60. The topological polar surface area (TPSA) is 35.6 Å². The minimum absolute atomic E-state index is 0.0705. The summed E-state index contributed by atoms with van der Waals surface area (Å²) < 4.78 is 78.4. The Bertz CT molecular complexity index is 988. The Labute approximate surface area is 200 Å². The van der Waals surface area contributed by atoms with Gasteiger partial charge in [0.1, 0.15) is 6.04 Å². The average Bonchev–Trinajstić information content (AvgIpc) is 3.28. The van der Waals surface area contributed by atoms with Crippen molar-refractivity contribution < 1.29 is 31.1 Å². The van der Waals surface area contributed by atoms with E-state index in [1.807, 2.05) is 36.2 Å². The largest absolute Gasteiger partial charge is 0.416 e. The van der Waals surface area contributed by atoms with Crippen LogP contribution in [0.2, 0.25) is 0 Å². The van der Waals surface area contributed by atoms with E-state index >= 15 is 0 Å². The number of benzene rings is 2. The van der Waals surface area contributed by atoms with E-state index in [0.29, 0.717) is 31.8 Å². The predicted octanol–water partition coefficient (Wildman–Crippen LogP) is 4.76. The lowest BCUT2D eigenvalue weighted by molar-refractivity contribution is -0.143. The maximum Gasteiger partial charge on any atom is 0.416 e. The number of hydrogen-bond acceptors (Lipinski definition) is 3. The van der Waals surface area contributed by atoms with E-state index in [2.05, 4.69) is 22.3 Å². The molecule has 4 nitrogen and oxygen atoms in total. The van der Waals surface area contributed by atoms with Crippen LogP contribution in [-0.4, -0.2) is 55.0 Å². The second-order valence-electron chi connectivity index (χ2n) is 8.54. The highest BCUT2D eigenvalue weighted by Gasteiger charge is 2.37. The van der Waals surface area contributed by atoms with Gasteiger partial charge in [0, 0.05) is 32.7 Å². The van der Waals surface area contributed by atoms with E-state index in [1.165, 1.54) is 5.56 Å². The lowest BCUT2D eigenvalue weighted by atomic mass is 10.0. The predicted molar refractivity (Wildman–Crippen MR) is 120 cm³/mol. The number of alkyl halides is 6. The molecule has 1 heterocycles. The number of carbonyl (C=O) groups excluding carboxylic acids is 1. The van der Waals surface area contributed by atoms with E-state index in [4.69, 9.17) is 0 Å². The summed E-state index contributed by atoms with van der Waals surface area (Å²) in [6, 6.07) is 10.7. The number of nitrogens with one attached hydrogen (secondary N) is 1. The van der Waals surface area contributed by atoms with Gasteiger partial charge in [0.15, 0.2) is 0 Å². The van der Waals surface area contributed by atoms with Crippen molar-refractivity contribution in [1.29, 1.82) is 0 Å². The van der Waals surface area contributed by atoms with Gasteiger partial charge in [-0.1, -0.05) is 42.5 Å². The molecule has 2 aromatic carbocycles. The lowest BCUT2D eigenvalue weighted by Gasteiger charge is -2.26. The molecule has 0 fully saturated rings. The summed E-state index contributed by atoms with van der Waals surface area (Å²) in [6.45, 7) is 2.20. The van der Waals surface area contributed by atoms with Crippen molar-refractivity contribution in [1.82, 2.24) is 15.1 Å². The van der Waals surface area contributed by atoms with Crippen LogP contribution >= 0.6 is 0 Å². The third-order valence-corrected chi connectivity index (χ3v) is 5.83. The lowest BCUT2D eigenvalue weighted by Crippen LogP contribution is -2.45. The van der Waals surface area contributed by atoms with Crippen molar-refractivity contribution in [2.75, 3.05) is 33.2 Å². The van der Waals surface area contributed by atoms with Crippen LogP contribution in [0.1, 0.15) is 22.3 Å². The second-order valence-corrected chi connectivity index (χ2v) is 8.54. The van der Waals surface area contributed by atoms with Crippen LogP contribution in [0.4, 0.5) is 26.3 Å². The van der Waals surface area contributed by atoms with Crippen molar-refractivity contribution in [3.05, 3.63) is 82.9 Å². The molecule has 190 valence electrons. The molecule has 1 aliphatic rings. The minimum Gasteiger partial charge on any atom is -0.350 e. The van der Waals surface area contributed by atoms with Crippen molar-refractivity contribution in [2.45, 2.75) is 31.4 Å². The molecule has 10 heteroatoms. The zero-order valence-electron chi connectivity index (χ0n) is 19.2. The summed E-state index contributed by atoms with van der Waals surface area (Å²) in [4.78, 5) is 16.7. The minimum atomic E-state index is -4.93. The molecule has 1 atom stereocenters.